The van der Waals surface area contributed by atoms with Crippen molar-refractivity contribution in [2.24, 2.45) is 16.1 Å². The summed E-state index contributed by atoms with van der Waals surface area (Å²) in [6.07, 6.45) is 2.38. The third-order valence-electron chi connectivity index (χ3n) is 2.60. The molecule has 1 atom stereocenters. The molecule has 0 aromatic heterocycles. The lowest BCUT2D eigenvalue weighted by atomic mass is 10.1. The van der Waals surface area contributed by atoms with Gasteiger partial charge in [0.05, 0.1) is 25.1 Å². The Balaban J connectivity index is 1.66. The molecule has 5 nitrogen and oxygen atoms in total. The highest BCUT2D eigenvalue weighted by Crippen LogP contribution is 2.11. The maximum atomic E-state index is 11.5. The van der Waals surface area contributed by atoms with Gasteiger partial charge in [0.1, 0.15) is 0 Å². The first kappa shape index (κ1) is 9.58. The van der Waals surface area contributed by atoms with Gasteiger partial charge in [0.25, 0.3) is 0 Å². The van der Waals surface area contributed by atoms with E-state index < -0.39 is 0 Å². The van der Waals surface area contributed by atoms with E-state index in [1.165, 1.54) is 0 Å². The van der Waals surface area contributed by atoms with Crippen LogP contribution in [0.1, 0.15) is 12.8 Å². The van der Waals surface area contributed by atoms with Gasteiger partial charge < -0.3 is 10.1 Å². The molecule has 0 bridgehead atoms. The number of rotatable bonds is 3. The summed E-state index contributed by atoms with van der Waals surface area (Å²) in [6.45, 7) is 2.54. The Morgan fingerprint density at radius 3 is 2.86 bits per heavy atom. The molecule has 1 saturated heterocycles. The minimum Gasteiger partial charge on any atom is -0.376 e. The first-order valence-corrected chi connectivity index (χ1v) is 5.09. The fourth-order valence-electron chi connectivity index (χ4n) is 1.70. The van der Waals surface area contributed by atoms with E-state index in [1.807, 2.05) is 0 Å². The van der Waals surface area contributed by atoms with Gasteiger partial charge >= 0.3 is 0 Å². The second-order valence-corrected chi connectivity index (χ2v) is 3.73. The number of hydrogen-bond donors (Lipinski definition) is 1. The number of amides is 1. The third kappa shape index (κ3) is 2.29. The van der Waals surface area contributed by atoms with Crippen LogP contribution in [-0.4, -0.2) is 38.3 Å². The Morgan fingerprint density at radius 1 is 1.43 bits per heavy atom. The average molecular weight is 197 g/mol. The van der Waals surface area contributed by atoms with Crippen LogP contribution in [0, 0.1) is 5.92 Å². The first-order chi connectivity index (χ1) is 6.86. The average Bonchev–Trinajstić information content (AvgIpc) is 2.87. The molecule has 0 aliphatic carbocycles. The van der Waals surface area contributed by atoms with Crippen molar-refractivity contribution >= 4 is 5.91 Å². The third-order valence-corrected chi connectivity index (χ3v) is 2.60. The molecule has 0 aromatic rings. The van der Waals surface area contributed by atoms with Gasteiger partial charge in [0.2, 0.25) is 5.91 Å². The number of hydrogen-bond acceptors (Lipinski definition) is 4. The van der Waals surface area contributed by atoms with Crippen molar-refractivity contribution in [1.29, 1.82) is 0 Å². The fourth-order valence-corrected chi connectivity index (χ4v) is 1.70. The molecule has 1 N–H and O–H groups in total. The second-order valence-electron chi connectivity index (χ2n) is 3.73. The smallest absolute Gasteiger partial charge is 0.227 e. The molecule has 2 heterocycles. The van der Waals surface area contributed by atoms with E-state index in [4.69, 9.17) is 4.74 Å². The van der Waals surface area contributed by atoms with Crippen LogP contribution >= 0.6 is 0 Å². The number of nitrogens with zero attached hydrogens (tertiary/aromatic N) is 2. The van der Waals surface area contributed by atoms with E-state index in [2.05, 4.69) is 15.5 Å². The van der Waals surface area contributed by atoms with Gasteiger partial charge in [-0.25, -0.2) is 0 Å². The van der Waals surface area contributed by atoms with E-state index in [1.54, 1.807) is 0 Å². The van der Waals surface area contributed by atoms with Crippen LogP contribution in [0.4, 0.5) is 0 Å². The van der Waals surface area contributed by atoms with Crippen molar-refractivity contribution in [3.8, 4) is 0 Å². The summed E-state index contributed by atoms with van der Waals surface area (Å²) >= 11 is 0. The summed E-state index contributed by atoms with van der Waals surface area (Å²) in [6, 6.07) is 0. The Bertz CT molecular complexity index is 228. The minimum absolute atomic E-state index is 0.0450. The van der Waals surface area contributed by atoms with Crippen LogP contribution in [0.3, 0.4) is 0 Å². The molecule has 0 saturated carbocycles. The zero-order valence-corrected chi connectivity index (χ0v) is 8.11. The lowest BCUT2D eigenvalue weighted by Gasteiger charge is -2.12. The molecule has 5 heteroatoms. The van der Waals surface area contributed by atoms with Gasteiger partial charge in [-0.3, -0.25) is 4.79 Å². The molecule has 2 aliphatic heterocycles. The molecule has 2 rings (SSSR count). The maximum Gasteiger partial charge on any atom is 0.227 e. The molecule has 1 fully saturated rings. The SMILES string of the molecule is O=C(NCC1CCCO1)C1CN=NC1. The predicted octanol–water partition coefficient (Wildman–Crippen LogP) is 0.364. The standard InChI is InChI=1S/C9H15N3O2/c13-9(7-4-11-12-5-7)10-6-8-2-1-3-14-8/h7-8H,1-6H2,(H,10,13). The highest BCUT2D eigenvalue weighted by atomic mass is 16.5. The van der Waals surface area contributed by atoms with Gasteiger partial charge in [0, 0.05) is 13.2 Å². The molecule has 78 valence electrons. The highest BCUT2D eigenvalue weighted by molar-refractivity contribution is 5.79. The van der Waals surface area contributed by atoms with Crippen molar-refractivity contribution in [3.63, 3.8) is 0 Å². The molecule has 1 unspecified atom stereocenters. The Kier molecular flexibility index (Phi) is 3.08. The van der Waals surface area contributed by atoms with E-state index >= 15 is 0 Å². The van der Waals surface area contributed by atoms with Crippen LogP contribution < -0.4 is 5.32 Å². The van der Waals surface area contributed by atoms with Gasteiger partial charge in [0.15, 0.2) is 0 Å². The number of carbonyl (C=O) groups excluding carboxylic acids is 1. The molecule has 2 aliphatic rings. The van der Waals surface area contributed by atoms with Crippen LogP contribution in [0.15, 0.2) is 10.2 Å². The Morgan fingerprint density at radius 2 is 2.21 bits per heavy atom. The van der Waals surface area contributed by atoms with Crippen LogP contribution in [0.5, 0.6) is 0 Å². The lowest BCUT2D eigenvalue weighted by Crippen LogP contribution is -2.37. The summed E-state index contributed by atoms with van der Waals surface area (Å²) in [5, 5.41) is 10.5. The minimum atomic E-state index is -0.0450. The van der Waals surface area contributed by atoms with Crippen LogP contribution in [0.2, 0.25) is 0 Å². The second kappa shape index (κ2) is 4.50. The molecule has 0 aromatic carbocycles. The monoisotopic (exact) mass is 197 g/mol. The normalized spacial score (nSPS) is 27.0. The number of carbonyl (C=O) groups is 1. The summed E-state index contributed by atoms with van der Waals surface area (Å²) < 4.78 is 5.40. The zero-order valence-electron chi connectivity index (χ0n) is 8.11. The number of azo groups is 1. The van der Waals surface area contributed by atoms with E-state index in [0.29, 0.717) is 19.6 Å². The number of ether oxygens (including phenoxy) is 1. The van der Waals surface area contributed by atoms with Gasteiger partial charge in [-0.05, 0) is 12.8 Å². The Labute approximate surface area is 82.9 Å². The summed E-state index contributed by atoms with van der Waals surface area (Å²) in [5.74, 6) is 0.0157. The molecular weight excluding hydrogens is 182 g/mol. The molecular formula is C9H15N3O2. The van der Waals surface area contributed by atoms with Crippen molar-refractivity contribution in [1.82, 2.24) is 5.32 Å². The summed E-state index contributed by atoms with van der Waals surface area (Å²) in [4.78, 5) is 11.5. The van der Waals surface area contributed by atoms with Gasteiger partial charge in [-0.15, -0.1) is 0 Å². The predicted molar refractivity (Wildman–Crippen MR) is 50.1 cm³/mol. The fraction of sp³-hybridized carbons (Fsp3) is 0.889. The molecule has 1 amide bonds. The molecule has 0 radical (unpaired) electrons. The number of nitrogens with one attached hydrogen (secondary N) is 1. The van der Waals surface area contributed by atoms with E-state index in [9.17, 15) is 4.79 Å². The van der Waals surface area contributed by atoms with Crippen LogP contribution in [0.25, 0.3) is 0 Å². The topological polar surface area (TPSA) is 63.0 Å². The molecule has 0 spiro atoms. The summed E-state index contributed by atoms with van der Waals surface area (Å²) in [7, 11) is 0. The van der Waals surface area contributed by atoms with Crippen LogP contribution in [-0.2, 0) is 9.53 Å². The highest BCUT2D eigenvalue weighted by Gasteiger charge is 2.23. The maximum absolute atomic E-state index is 11.5. The lowest BCUT2D eigenvalue weighted by molar-refractivity contribution is -0.124. The van der Waals surface area contributed by atoms with Gasteiger partial charge in [-0.2, -0.15) is 10.2 Å². The quantitative estimate of drug-likeness (QED) is 0.710. The van der Waals surface area contributed by atoms with E-state index in [0.717, 1.165) is 19.4 Å². The Hall–Kier alpha value is -0.970. The van der Waals surface area contributed by atoms with Crippen molar-refractivity contribution < 1.29 is 9.53 Å². The zero-order chi connectivity index (χ0) is 9.80. The van der Waals surface area contributed by atoms with Crippen molar-refractivity contribution in [3.05, 3.63) is 0 Å². The molecule has 14 heavy (non-hydrogen) atoms. The van der Waals surface area contributed by atoms with E-state index in [-0.39, 0.29) is 17.9 Å². The van der Waals surface area contributed by atoms with Crippen molar-refractivity contribution in [2.75, 3.05) is 26.2 Å². The summed E-state index contributed by atoms with van der Waals surface area (Å²) in [5.41, 5.74) is 0. The first-order valence-electron chi connectivity index (χ1n) is 5.09. The largest absolute Gasteiger partial charge is 0.376 e. The van der Waals surface area contributed by atoms with Gasteiger partial charge in [-0.1, -0.05) is 0 Å². The van der Waals surface area contributed by atoms with Crippen molar-refractivity contribution in [2.45, 2.75) is 18.9 Å².